The van der Waals surface area contributed by atoms with Crippen molar-refractivity contribution in [2.75, 3.05) is 12.3 Å². The molecule has 0 aliphatic heterocycles. The molecule has 2 amide bonds. The highest BCUT2D eigenvalue weighted by atomic mass is 32.2. The van der Waals surface area contributed by atoms with E-state index in [9.17, 15) is 9.59 Å². The fourth-order valence-corrected chi connectivity index (χ4v) is 3.18. The van der Waals surface area contributed by atoms with Crippen molar-refractivity contribution >= 4 is 23.6 Å². The number of aryl methyl sites for hydroxylation is 2. The lowest BCUT2D eigenvalue weighted by Gasteiger charge is -2.11. The summed E-state index contributed by atoms with van der Waals surface area (Å²) < 4.78 is 1.97. The average Bonchev–Trinajstić information content (AvgIpc) is 2.98. The average molecular weight is 360 g/mol. The van der Waals surface area contributed by atoms with Gasteiger partial charge in [0.1, 0.15) is 0 Å². The van der Waals surface area contributed by atoms with Gasteiger partial charge in [-0.15, -0.1) is 0 Å². The minimum Gasteiger partial charge on any atom is -0.352 e. The van der Waals surface area contributed by atoms with E-state index in [4.69, 9.17) is 0 Å². The van der Waals surface area contributed by atoms with Crippen LogP contribution in [0.1, 0.15) is 25.0 Å². The lowest BCUT2D eigenvalue weighted by molar-refractivity contribution is -0.125. The molecular formula is C18H24N4O2S. The maximum atomic E-state index is 11.9. The number of hydrogen-bond acceptors (Lipinski definition) is 4. The number of thioether (sulfide) groups is 1. The number of benzene rings is 1. The van der Waals surface area contributed by atoms with Crippen LogP contribution in [0.5, 0.6) is 0 Å². The van der Waals surface area contributed by atoms with Gasteiger partial charge in [-0.2, -0.15) is 0 Å². The van der Waals surface area contributed by atoms with Gasteiger partial charge in [0.25, 0.3) is 0 Å². The molecule has 0 spiro atoms. The predicted molar refractivity (Wildman–Crippen MR) is 100 cm³/mol. The molecule has 2 rings (SSSR count). The number of hydrogen-bond donors (Lipinski definition) is 2. The van der Waals surface area contributed by atoms with Crippen LogP contribution < -0.4 is 10.6 Å². The Hall–Kier alpha value is -2.28. The van der Waals surface area contributed by atoms with Gasteiger partial charge < -0.3 is 10.6 Å². The van der Waals surface area contributed by atoms with Crippen molar-refractivity contribution in [2.24, 2.45) is 0 Å². The van der Waals surface area contributed by atoms with Gasteiger partial charge in [-0.05, 0) is 39.3 Å². The van der Waals surface area contributed by atoms with Crippen LogP contribution in [0.15, 0.2) is 35.7 Å². The first-order chi connectivity index (χ1) is 11.9. The molecule has 134 valence electrons. The molecule has 0 aliphatic carbocycles. The Morgan fingerprint density at radius 3 is 2.68 bits per heavy atom. The molecule has 0 radical (unpaired) electrons. The van der Waals surface area contributed by atoms with Crippen LogP contribution in [-0.4, -0.2) is 39.7 Å². The van der Waals surface area contributed by atoms with Crippen molar-refractivity contribution in [1.82, 2.24) is 20.2 Å². The Morgan fingerprint density at radius 1 is 1.24 bits per heavy atom. The van der Waals surface area contributed by atoms with E-state index in [0.29, 0.717) is 0 Å². The Morgan fingerprint density at radius 2 is 2.00 bits per heavy atom. The molecule has 1 heterocycles. The zero-order valence-electron chi connectivity index (χ0n) is 15.0. The summed E-state index contributed by atoms with van der Waals surface area (Å²) in [7, 11) is 0. The molecular weight excluding hydrogens is 336 g/mol. The van der Waals surface area contributed by atoms with Crippen LogP contribution in [0.25, 0.3) is 5.69 Å². The number of rotatable bonds is 7. The molecule has 0 saturated heterocycles. The zero-order valence-corrected chi connectivity index (χ0v) is 15.8. The first kappa shape index (κ1) is 19.1. The third-order valence-corrected chi connectivity index (χ3v) is 4.41. The van der Waals surface area contributed by atoms with Crippen molar-refractivity contribution in [3.8, 4) is 5.69 Å². The van der Waals surface area contributed by atoms with Crippen LogP contribution in [0.4, 0.5) is 0 Å². The van der Waals surface area contributed by atoms with E-state index in [1.54, 1.807) is 6.20 Å². The number of carbonyl (C=O) groups excluding carboxylic acids is 2. The van der Waals surface area contributed by atoms with E-state index in [1.165, 1.54) is 17.3 Å². The van der Waals surface area contributed by atoms with Crippen molar-refractivity contribution in [2.45, 2.75) is 38.9 Å². The van der Waals surface area contributed by atoms with Gasteiger partial charge in [0.15, 0.2) is 5.16 Å². The highest BCUT2D eigenvalue weighted by Gasteiger charge is 2.11. The fraction of sp³-hybridized carbons (Fsp3) is 0.389. The van der Waals surface area contributed by atoms with Gasteiger partial charge in [0.2, 0.25) is 11.8 Å². The predicted octanol–water partition coefficient (Wildman–Crippen LogP) is 2.22. The van der Waals surface area contributed by atoms with Crippen molar-refractivity contribution in [3.63, 3.8) is 0 Å². The Kier molecular flexibility index (Phi) is 6.64. The van der Waals surface area contributed by atoms with E-state index in [0.717, 1.165) is 16.4 Å². The quantitative estimate of drug-likeness (QED) is 0.743. The first-order valence-electron chi connectivity index (χ1n) is 8.16. The summed E-state index contributed by atoms with van der Waals surface area (Å²) in [6, 6.07) is 6.27. The third kappa shape index (κ3) is 5.63. The van der Waals surface area contributed by atoms with Crippen LogP contribution in [-0.2, 0) is 9.59 Å². The summed E-state index contributed by atoms with van der Waals surface area (Å²) in [4.78, 5) is 27.8. The second kappa shape index (κ2) is 8.71. The molecule has 1 aromatic carbocycles. The molecule has 0 unspecified atom stereocenters. The molecule has 0 aliphatic rings. The Balaban J connectivity index is 1.93. The van der Waals surface area contributed by atoms with Gasteiger partial charge >= 0.3 is 0 Å². The maximum absolute atomic E-state index is 11.9. The minimum absolute atomic E-state index is 0.0108. The summed E-state index contributed by atoms with van der Waals surface area (Å²) in [5.74, 6) is -0.180. The summed E-state index contributed by atoms with van der Waals surface area (Å²) in [6.07, 6.45) is 3.60. The van der Waals surface area contributed by atoms with E-state index in [-0.39, 0.29) is 30.2 Å². The number of carbonyl (C=O) groups is 2. The minimum atomic E-state index is -0.195. The molecule has 2 aromatic rings. The number of aromatic nitrogens is 2. The highest BCUT2D eigenvalue weighted by molar-refractivity contribution is 7.99. The number of amides is 2. The monoisotopic (exact) mass is 360 g/mol. The SMILES string of the molecule is Cc1ccc(-n2ccnc2SCC(=O)NCC(=O)NC(C)C)c(C)c1. The van der Waals surface area contributed by atoms with Gasteiger partial charge in [-0.1, -0.05) is 29.5 Å². The number of nitrogens with one attached hydrogen (secondary N) is 2. The number of nitrogens with zero attached hydrogens (tertiary/aromatic N) is 2. The standard InChI is InChI=1S/C18H24N4O2S/c1-12(2)21-16(23)10-20-17(24)11-25-18-19-7-8-22(18)15-6-5-13(3)9-14(15)4/h5-9,12H,10-11H2,1-4H3,(H,20,24)(H,21,23). The molecule has 1 aromatic heterocycles. The molecule has 6 nitrogen and oxygen atoms in total. The summed E-state index contributed by atoms with van der Waals surface area (Å²) in [6.45, 7) is 7.85. The lowest BCUT2D eigenvalue weighted by Crippen LogP contribution is -2.40. The second-order valence-electron chi connectivity index (χ2n) is 6.16. The molecule has 2 N–H and O–H groups in total. The maximum Gasteiger partial charge on any atom is 0.239 e. The van der Waals surface area contributed by atoms with Crippen molar-refractivity contribution < 1.29 is 9.59 Å². The zero-order chi connectivity index (χ0) is 18.4. The van der Waals surface area contributed by atoms with Crippen molar-refractivity contribution in [3.05, 3.63) is 41.7 Å². The van der Waals surface area contributed by atoms with E-state index in [1.807, 2.05) is 30.7 Å². The molecule has 25 heavy (non-hydrogen) atoms. The highest BCUT2D eigenvalue weighted by Crippen LogP contribution is 2.23. The smallest absolute Gasteiger partial charge is 0.239 e. The molecule has 0 atom stereocenters. The normalized spacial score (nSPS) is 10.8. The topological polar surface area (TPSA) is 76.0 Å². The van der Waals surface area contributed by atoms with Crippen molar-refractivity contribution in [1.29, 1.82) is 0 Å². The lowest BCUT2D eigenvalue weighted by atomic mass is 10.1. The first-order valence-corrected chi connectivity index (χ1v) is 9.15. The Bertz CT molecular complexity index is 755. The van der Waals surface area contributed by atoms with Crippen LogP contribution >= 0.6 is 11.8 Å². The summed E-state index contributed by atoms with van der Waals surface area (Å²) in [5, 5.41) is 6.10. The van der Waals surface area contributed by atoms with E-state index < -0.39 is 0 Å². The van der Waals surface area contributed by atoms with Gasteiger partial charge in [0.05, 0.1) is 18.0 Å². The fourth-order valence-electron chi connectivity index (χ4n) is 2.39. The van der Waals surface area contributed by atoms with E-state index >= 15 is 0 Å². The van der Waals surface area contributed by atoms with Crippen LogP contribution in [0.2, 0.25) is 0 Å². The molecule has 0 bridgehead atoms. The molecule has 0 fully saturated rings. The molecule has 0 saturated carbocycles. The summed E-state index contributed by atoms with van der Waals surface area (Å²) >= 11 is 1.34. The van der Waals surface area contributed by atoms with Gasteiger partial charge in [-0.3, -0.25) is 14.2 Å². The van der Waals surface area contributed by atoms with Crippen LogP contribution in [0, 0.1) is 13.8 Å². The molecule has 7 heteroatoms. The van der Waals surface area contributed by atoms with Gasteiger partial charge in [-0.25, -0.2) is 4.98 Å². The van der Waals surface area contributed by atoms with Gasteiger partial charge in [0, 0.05) is 18.4 Å². The Labute approximate surface area is 152 Å². The van der Waals surface area contributed by atoms with Crippen LogP contribution in [0.3, 0.4) is 0 Å². The third-order valence-electron chi connectivity index (χ3n) is 3.45. The number of imidazole rings is 1. The van der Waals surface area contributed by atoms with E-state index in [2.05, 4.69) is 41.6 Å². The summed E-state index contributed by atoms with van der Waals surface area (Å²) in [5.41, 5.74) is 3.39. The largest absolute Gasteiger partial charge is 0.352 e. The second-order valence-corrected chi connectivity index (χ2v) is 7.10.